The van der Waals surface area contributed by atoms with E-state index in [9.17, 15) is 27.9 Å². The molecule has 3 amide bonds. The highest BCUT2D eigenvalue weighted by molar-refractivity contribution is 7.96. The maximum Gasteiger partial charge on any atom is 0.417 e. The molecule has 1 aliphatic rings. The topological polar surface area (TPSA) is 84.6 Å². The first kappa shape index (κ1) is 20.5. The molecule has 150 valence electrons. The van der Waals surface area contributed by atoms with E-state index in [1.54, 1.807) is 6.26 Å². The fraction of sp³-hybridized carbons (Fsp3) is 0.211. The largest absolute Gasteiger partial charge is 0.508 e. The zero-order valence-corrected chi connectivity index (χ0v) is 16.0. The van der Waals surface area contributed by atoms with Crippen LogP contribution in [-0.4, -0.2) is 27.6 Å². The van der Waals surface area contributed by atoms with Crippen molar-refractivity contribution < 1.29 is 27.9 Å². The second kappa shape index (κ2) is 7.00. The number of anilines is 1. The number of carbonyl (C=O) groups excluding carboxylic acids is 2. The van der Waals surface area contributed by atoms with E-state index in [0.717, 1.165) is 28.4 Å². The Balaban J connectivity index is 2.15. The quantitative estimate of drug-likeness (QED) is 0.592. The molecule has 0 aromatic heterocycles. The van der Waals surface area contributed by atoms with Gasteiger partial charge in [0.25, 0.3) is 5.91 Å². The number of nitriles is 1. The van der Waals surface area contributed by atoms with Crippen LogP contribution in [0.2, 0.25) is 0 Å². The molecule has 0 bridgehead atoms. The van der Waals surface area contributed by atoms with Gasteiger partial charge in [-0.3, -0.25) is 4.79 Å². The number of phenols is 1. The van der Waals surface area contributed by atoms with Crippen LogP contribution >= 0.6 is 11.9 Å². The van der Waals surface area contributed by atoms with Crippen molar-refractivity contribution in [1.29, 1.82) is 5.26 Å². The minimum Gasteiger partial charge on any atom is -0.508 e. The number of carbonyl (C=O) groups is 2. The third-order valence-electron chi connectivity index (χ3n) is 4.69. The van der Waals surface area contributed by atoms with Gasteiger partial charge in [0.1, 0.15) is 5.75 Å². The molecule has 29 heavy (non-hydrogen) atoms. The SMILES string of the molecule is CSN1C(=O)N(c2ccc(C#N)c(C(F)(F)F)c2)C(=O)C1(C)c1ccc(O)cc1. The van der Waals surface area contributed by atoms with Crippen LogP contribution in [0.5, 0.6) is 5.75 Å². The summed E-state index contributed by atoms with van der Waals surface area (Å²) in [6, 6.07) is 8.96. The first-order valence-corrected chi connectivity index (χ1v) is 9.37. The summed E-state index contributed by atoms with van der Waals surface area (Å²) in [5.41, 5.74) is -3.24. The predicted molar refractivity (Wildman–Crippen MR) is 99.9 cm³/mol. The maximum absolute atomic E-state index is 13.3. The van der Waals surface area contributed by atoms with Crippen LogP contribution in [0.15, 0.2) is 42.5 Å². The van der Waals surface area contributed by atoms with Crippen molar-refractivity contribution in [2.75, 3.05) is 11.2 Å². The molecule has 6 nitrogen and oxygen atoms in total. The van der Waals surface area contributed by atoms with Crippen LogP contribution in [0.25, 0.3) is 0 Å². The number of phenolic OH excluding ortho intramolecular Hbond substituents is 1. The fourth-order valence-corrected chi connectivity index (χ4v) is 3.98. The van der Waals surface area contributed by atoms with Crippen molar-refractivity contribution in [3.8, 4) is 11.8 Å². The number of alkyl halides is 3. The second-order valence-corrected chi connectivity index (χ2v) is 7.09. The van der Waals surface area contributed by atoms with Crippen LogP contribution in [0.3, 0.4) is 0 Å². The summed E-state index contributed by atoms with van der Waals surface area (Å²) in [5, 5.41) is 18.4. The van der Waals surface area contributed by atoms with Crippen LogP contribution in [0, 0.1) is 11.3 Å². The molecule has 10 heteroatoms. The van der Waals surface area contributed by atoms with Gasteiger partial charge in [-0.05, 0) is 54.8 Å². The summed E-state index contributed by atoms with van der Waals surface area (Å²) < 4.78 is 41.1. The summed E-state index contributed by atoms with van der Waals surface area (Å²) in [6.07, 6.45) is -3.26. The highest BCUT2D eigenvalue weighted by Gasteiger charge is 2.56. The van der Waals surface area contributed by atoms with Gasteiger partial charge in [0.15, 0.2) is 5.54 Å². The summed E-state index contributed by atoms with van der Waals surface area (Å²) >= 11 is 0.950. The van der Waals surface area contributed by atoms with E-state index in [0.29, 0.717) is 16.5 Å². The monoisotopic (exact) mass is 421 g/mol. The maximum atomic E-state index is 13.3. The van der Waals surface area contributed by atoms with Crippen LogP contribution in [-0.2, 0) is 16.5 Å². The lowest BCUT2D eigenvalue weighted by atomic mass is 9.91. The normalized spacial score (nSPS) is 19.6. The van der Waals surface area contributed by atoms with E-state index in [4.69, 9.17) is 5.26 Å². The van der Waals surface area contributed by atoms with Gasteiger partial charge in [0, 0.05) is 6.26 Å². The average molecular weight is 421 g/mol. The number of amides is 3. The van der Waals surface area contributed by atoms with E-state index < -0.39 is 34.8 Å². The van der Waals surface area contributed by atoms with Gasteiger partial charge in [0.2, 0.25) is 0 Å². The van der Waals surface area contributed by atoms with Crippen molar-refractivity contribution in [3.63, 3.8) is 0 Å². The number of rotatable bonds is 3. The zero-order chi connectivity index (χ0) is 21.6. The molecule has 2 aromatic rings. The molecule has 3 rings (SSSR count). The molecule has 2 aromatic carbocycles. The fourth-order valence-electron chi connectivity index (χ4n) is 3.19. The Bertz CT molecular complexity index is 1030. The predicted octanol–water partition coefficient (Wildman–Crippen LogP) is 4.24. The number of hydrogen-bond acceptors (Lipinski definition) is 5. The first-order chi connectivity index (χ1) is 13.6. The standard InChI is InChI=1S/C19H14F3N3O3S/c1-18(12-4-7-14(26)8-5-12)16(27)24(17(28)25(18)29-2)13-6-3-11(10-23)15(9-13)19(20,21)22/h3-9,26H,1-2H3. The summed E-state index contributed by atoms with van der Waals surface area (Å²) in [4.78, 5) is 26.8. The molecule has 1 aliphatic heterocycles. The third kappa shape index (κ3) is 3.17. The highest BCUT2D eigenvalue weighted by Crippen LogP contribution is 2.44. The van der Waals surface area contributed by atoms with Crippen molar-refractivity contribution in [2.45, 2.75) is 18.6 Å². The molecule has 0 spiro atoms. The Morgan fingerprint density at radius 1 is 1.14 bits per heavy atom. The van der Waals surface area contributed by atoms with Gasteiger partial charge in [0.05, 0.1) is 22.9 Å². The van der Waals surface area contributed by atoms with E-state index in [-0.39, 0.29) is 11.4 Å². The number of benzene rings is 2. The number of urea groups is 1. The molecule has 1 saturated heterocycles. The average Bonchev–Trinajstić information content (AvgIpc) is 2.87. The number of imide groups is 1. The summed E-state index contributed by atoms with van der Waals surface area (Å²) in [6.45, 7) is 1.48. The Morgan fingerprint density at radius 2 is 1.76 bits per heavy atom. The molecule has 1 heterocycles. The Morgan fingerprint density at radius 3 is 2.28 bits per heavy atom. The molecular formula is C19H14F3N3O3S. The van der Waals surface area contributed by atoms with Crippen molar-refractivity contribution in [1.82, 2.24) is 4.31 Å². The van der Waals surface area contributed by atoms with Gasteiger partial charge in [-0.25, -0.2) is 14.0 Å². The number of nitrogens with zero attached hydrogens (tertiary/aromatic N) is 3. The van der Waals surface area contributed by atoms with Gasteiger partial charge < -0.3 is 5.11 Å². The van der Waals surface area contributed by atoms with Crippen molar-refractivity contribution in [2.24, 2.45) is 0 Å². The van der Waals surface area contributed by atoms with E-state index in [1.165, 1.54) is 37.3 Å². The van der Waals surface area contributed by atoms with E-state index in [2.05, 4.69) is 0 Å². The molecule has 1 N–H and O–H groups in total. The highest BCUT2D eigenvalue weighted by atomic mass is 32.2. The second-order valence-electron chi connectivity index (χ2n) is 6.36. The van der Waals surface area contributed by atoms with Gasteiger partial charge in [-0.1, -0.05) is 12.1 Å². The van der Waals surface area contributed by atoms with Crippen LogP contribution in [0.4, 0.5) is 23.7 Å². The Kier molecular flexibility index (Phi) is 4.96. The number of aromatic hydroxyl groups is 1. The lowest BCUT2D eigenvalue weighted by molar-refractivity contribution is -0.137. The van der Waals surface area contributed by atoms with Crippen molar-refractivity contribution >= 4 is 29.6 Å². The zero-order valence-electron chi connectivity index (χ0n) is 15.2. The van der Waals surface area contributed by atoms with Crippen LogP contribution in [0.1, 0.15) is 23.6 Å². The minimum atomic E-state index is -4.83. The smallest absolute Gasteiger partial charge is 0.417 e. The Hall–Kier alpha value is -3.19. The Labute approximate surface area is 168 Å². The summed E-state index contributed by atoms with van der Waals surface area (Å²) in [5.74, 6) is -0.788. The molecule has 1 fully saturated rings. The first-order valence-electron chi connectivity index (χ1n) is 8.19. The number of halogens is 3. The molecule has 0 radical (unpaired) electrons. The molecule has 0 aliphatic carbocycles. The third-order valence-corrected chi connectivity index (χ3v) is 5.58. The van der Waals surface area contributed by atoms with Gasteiger partial charge in [-0.2, -0.15) is 18.4 Å². The molecule has 1 atom stereocenters. The summed E-state index contributed by atoms with van der Waals surface area (Å²) in [7, 11) is 0. The lowest BCUT2D eigenvalue weighted by Gasteiger charge is -2.29. The molecule has 1 unspecified atom stereocenters. The minimum absolute atomic E-state index is 0.0383. The lowest BCUT2D eigenvalue weighted by Crippen LogP contribution is -2.40. The van der Waals surface area contributed by atoms with Gasteiger partial charge >= 0.3 is 12.2 Å². The van der Waals surface area contributed by atoms with E-state index >= 15 is 0 Å². The molecular weight excluding hydrogens is 407 g/mol. The van der Waals surface area contributed by atoms with Crippen molar-refractivity contribution in [3.05, 3.63) is 59.2 Å². The number of hydrogen-bond donors (Lipinski definition) is 1. The van der Waals surface area contributed by atoms with Gasteiger partial charge in [-0.15, -0.1) is 0 Å². The molecule has 0 saturated carbocycles. The van der Waals surface area contributed by atoms with Crippen LogP contribution < -0.4 is 4.90 Å². The van der Waals surface area contributed by atoms with E-state index in [1.807, 2.05) is 0 Å².